The van der Waals surface area contributed by atoms with Gasteiger partial charge in [0.25, 0.3) is 0 Å². The van der Waals surface area contributed by atoms with Crippen LogP contribution in [-0.4, -0.2) is 18.9 Å². The minimum absolute atomic E-state index is 0.0463. The van der Waals surface area contributed by atoms with Gasteiger partial charge in [-0.1, -0.05) is 140 Å². The molecule has 8 aromatic carbocycles. The van der Waals surface area contributed by atoms with Crippen LogP contribution >= 0.6 is 0 Å². The molecule has 308 valence electrons. The van der Waals surface area contributed by atoms with Crippen molar-refractivity contribution in [3.8, 4) is 5.69 Å². The number of fused-ring (bicyclic) bond motifs is 13. The Kier molecular flexibility index (Phi) is 5.79. The number of aromatic nitrogens is 4. The second-order valence-corrected chi connectivity index (χ2v) is 19.4. The Labute approximate surface area is 382 Å². The molecule has 0 unspecified atom stereocenters. The highest BCUT2D eigenvalue weighted by Gasteiger charge is 2.46. The van der Waals surface area contributed by atoms with Crippen LogP contribution in [0.15, 0.2) is 187 Å². The van der Waals surface area contributed by atoms with Gasteiger partial charge in [0.1, 0.15) is 11.2 Å². The Morgan fingerprint density at radius 3 is 1.46 bits per heavy atom. The van der Waals surface area contributed by atoms with Crippen LogP contribution in [0.4, 0.5) is 0 Å². The van der Waals surface area contributed by atoms with Gasteiger partial charge in [-0.05, 0) is 86.0 Å². The van der Waals surface area contributed by atoms with Crippen molar-refractivity contribution in [3.63, 3.8) is 0 Å². The van der Waals surface area contributed by atoms with Gasteiger partial charge >= 0.3 is 0 Å². The van der Waals surface area contributed by atoms with Gasteiger partial charge in [-0.15, -0.1) is 0 Å². The van der Waals surface area contributed by atoms with E-state index in [9.17, 15) is 0 Å². The van der Waals surface area contributed by atoms with Crippen molar-refractivity contribution in [2.75, 3.05) is 0 Å². The zero-order valence-electron chi connectivity index (χ0n) is 35.8. The predicted octanol–water partition coefficient (Wildman–Crippen LogP) is 14.6. The van der Waals surface area contributed by atoms with Crippen molar-refractivity contribution < 1.29 is 4.42 Å². The summed E-state index contributed by atoms with van der Waals surface area (Å²) in [4.78, 5) is 11.2. The summed E-state index contributed by atoms with van der Waals surface area (Å²) in [5, 5.41) is 9.92. The average molecular weight is 851 g/mol. The van der Waals surface area contributed by atoms with Crippen molar-refractivity contribution in [1.82, 2.24) is 18.9 Å². The lowest BCUT2D eigenvalue weighted by molar-refractivity contribution is 0.669. The van der Waals surface area contributed by atoms with Crippen molar-refractivity contribution >= 4 is 81.8 Å². The number of benzene rings is 8. The molecular formula is C62H34N4O. The Balaban J connectivity index is 1.08. The van der Waals surface area contributed by atoms with Crippen molar-refractivity contribution in [1.29, 1.82) is 0 Å². The first-order chi connectivity index (χ1) is 33.3. The number of hydrogen-bond acceptors (Lipinski definition) is 3. The molecule has 0 aliphatic heterocycles. The maximum Gasteiger partial charge on any atom is 0.137 e. The lowest BCUT2D eigenvalue weighted by atomic mass is 9.62. The topological polar surface area (TPSA) is 48.3 Å². The lowest BCUT2D eigenvalue weighted by Gasteiger charge is -2.41. The van der Waals surface area contributed by atoms with Crippen molar-refractivity contribution in [2.45, 2.75) is 23.7 Å². The van der Waals surface area contributed by atoms with Crippen LogP contribution in [0.25, 0.3) is 87.5 Å². The molecule has 5 nitrogen and oxygen atoms in total. The highest BCUT2D eigenvalue weighted by atomic mass is 16.3. The van der Waals surface area contributed by atoms with Gasteiger partial charge in [0.05, 0.1) is 74.3 Å². The van der Waals surface area contributed by atoms with E-state index in [0.717, 1.165) is 38.7 Å². The van der Waals surface area contributed by atoms with Gasteiger partial charge in [-0.2, -0.15) is 0 Å². The molecule has 6 heterocycles. The monoisotopic (exact) mass is 850 g/mol. The number of para-hydroxylation sites is 2. The maximum absolute atomic E-state index is 6.60. The Bertz CT molecular complexity index is 4530. The highest BCUT2D eigenvalue weighted by Crippen LogP contribution is 2.61. The molecule has 0 radical (unpaired) electrons. The molecule has 20 rings (SSSR count). The number of furan rings is 1. The summed E-state index contributed by atoms with van der Waals surface area (Å²) in [7, 11) is 0. The first-order valence-electron chi connectivity index (χ1n) is 23.5. The lowest BCUT2D eigenvalue weighted by Crippen LogP contribution is -2.28. The van der Waals surface area contributed by atoms with Gasteiger partial charge in [0, 0.05) is 49.5 Å². The van der Waals surface area contributed by atoms with Gasteiger partial charge in [0.2, 0.25) is 0 Å². The van der Waals surface area contributed by atoms with E-state index in [4.69, 9.17) is 14.4 Å². The van der Waals surface area contributed by atoms with E-state index < -0.39 is 0 Å². The molecule has 0 spiro atoms. The summed E-state index contributed by atoms with van der Waals surface area (Å²) in [6.45, 7) is 0. The largest absolute Gasteiger partial charge is 0.456 e. The first kappa shape index (κ1) is 33.9. The summed E-state index contributed by atoms with van der Waals surface area (Å²) in [5.74, 6) is 0.228. The van der Waals surface area contributed by atoms with Crippen LogP contribution < -0.4 is 0 Å². The van der Waals surface area contributed by atoms with Crippen LogP contribution in [0, 0.1) is 0 Å². The summed E-state index contributed by atoms with van der Waals surface area (Å²) >= 11 is 0. The Hall–Kier alpha value is -8.54. The van der Waals surface area contributed by atoms with E-state index in [1.807, 2.05) is 0 Å². The third-order valence-corrected chi connectivity index (χ3v) is 16.6. The molecule has 0 amide bonds. The fourth-order valence-electron chi connectivity index (χ4n) is 14.4. The molecular weight excluding hydrogens is 817 g/mol. The highest BCUT2D eigenvalue weighted by molar-refractivity contribution is 6.37. The van der Waals surface area contributed by atoms with Crippen LogP contribution in [0.3, 0.4) is 0 Å². The number of rotatable bonds is 1. The second-order valence-electron chi connectivity index (χ2n) is 19.4. The smallest absolute Gasteiger partial charge is 0.137 e. The molecule has 0 atom stereocenters. The summed E-state index contributed by atoms with van der Waals surface area (Å²) in [6.07, 6.45) is 4.41. The zero-order chi connectivity index (χ0) is 43.0. The van der Waals surface area contributed by atoms with E-state index in [1.165, 1.54) is 116 Å². The second kappa shape index (κ2) is 11.5. The molecule has 0 saturated heterocycles. The van der Waals surface area contributed by atoms with Crippen molar-refractivity contribution in [3.05, 3.63) is 249 Å². The van der Waals surface area contributed by atoms with E-state index in [2.05, 4.69) is 191 Å². The third-order valence-electron chi connectivity index (χ3n) is 16.6. The fraction of sp³-hybridized carbons (Fsp3) is 0.0645. The molecule has 14 aromatic rings. The number of hydrogen-bond donors (Lipinski definition) is 0. The average Bonchev–Trinajstić information content (AvgIpc) is 4.14. The molecule has 67 heavy (non-hydrogen) atoms. The fourth-order valence-corrected chi connectivity index (χ4v) is 14.4. The number of pyridine rings is 2. The van der Waals surface area contributed by atoms with Gasteiger partial charge < -0.3 is 13.4 Å². The van der Waals surface area contributed by atoms with E-state index >= 15 is 0 Å². The third kappa shape index (κ3) is 3.74. The van der Waals surface area contributed by atoms with E-state index in [0.29, 0.717) is 0 Å². The standard InChI is InChI=1S/C62H34N4O/c1-5-18-35-31(14-1)49-32-15-2-6-19-36(32)51(35)60-57(49)55-41-28-44-54(39-22-9-11-24-42(39)65(44)43-25-13-27-48-53(43)40-23-10-12-26-47(40)67-48)59-56-46(66(62(41)59)45(55)29-63-60)30-64-61-52-37-20-7-3-16-33(37)50(58(56)61)34-17-4-8-21-38(34)52/h1-30,49-52H. The SMILES string of the molecule is c1ccc2c(c1)C1c3ccccc3C2c2c1ncc1c2c2cc3c(c4ccccc4n3-c3cccc4oc5ccccc5c34)c3c4c5c(ncc4n1c23)C1c2ccccc2C5c2ccccc21. The maximum atomic E-state index is 6.60. The molecule has 0 saturated carbocycles. The summed E-state index contributed by atoms with van der Waals surface area (Å²) in [6, 6.07) is 63.1. The molecule has 6 aliphatic rings. The van der Waals surface area contributed by atoms with Crippen LogP contribution in [0.1, 0.15) is 90.7 Å². The normalized spacial score (nSPS) is 18.4. The molecule has 6 aromatic heterocycles. The van der Waals surface area contributed by atoms with E-state index in [-0.39, 0.29) is 23.7 Å². The first-order valence-corrected chi connectivity index (χ1v) is 23.5. The molecule has 6 aliphatic carbocycles. The molecule has 5 heteroatoms. The summed E-state index contributed by atoms with van der Waals surface area (Å²) < 4.78 is 11.7. The van der Waals surface area contributed by atoms with Crippen LogP contribution in [0.5, 0.6) is 0 Å². The quantitative estimate of drug-likeness (QED) is 0.165. The van der Waals surface area contributed by atoms with Gasteiger partial charge in [0.15, 0.2) is 0 Å². The minimum atomic E-state index is 0.0463. The Morgan fingerprint density at radius 2 is 0.851 bits per heavy atom. The molecule has 0 N–H and O–H groups in total. The number of nitrogens with zero attached hydrogens (tertiary/aromatic N) is 4. The molecule has 4 bridgehead atoms. The van der Waals surface area contributed by atoms with Gasteiger partial charge in [-0.25, -0.2) is 0 Å². The summed E-state index contributed by atoms with van der Waals surface area (Å²) in [5.41, 5.74) is 24.9. The van der Waals surface area contributed by atoms with Crippen molar-refractivity contribution in [2.24, 2.45) is 0 Å². The Morgan fingerprint density at radius 1 is 0.358 bits per heavy atom. The predicted molar refractivity (Wildman–Crippen MR) is 268 cm³/mol. The van der Waals surface area contributed by atoms with Gasteiger partial charge in [-0.3, -0.25) is 9.97 Å². The van der Waals surface area contributed by atoms with Crippen LogP contribution in [0.2, 0.25) is 0 Å². The minimum Gasteiger partial charge on any atom is -0.456 e. The van der Waals surface area contributed by atoms with Crippen LogP contribution in [-0.2, 0) is 0 Å². The van der Waals surface area contributed by atoms with E-state index in [1.54, 1.807) is 0 Å². The molecule has 0 fully saturated rings. The zero-order valence-corrected chi connectivity index (χ0v) is 35.8.